The van der Waals surface area contributed by atoms with Crippen LogP contribution in [-0.4, -0.2) is 19.3 Å². The van der Waals surface area contributed by atoms with Crippen LogP contribution in [0.5, 0.6) is 11.5 Å². The molecule has 5 nitrogen and oxygen atoms in total. The number of allylic oxidation sites excluding steroid dienone is 4. The van der Waals surface area contributed by atoms with Gasteiger partial charge in [0.05, 0.1) is 14.2 Å². The highest BCUT2D eigenvalue weighted by Gasteiger charge is 2.23. The topological polar surface area (TPSA) is 57.2 Å². The number of rotatable bonds is 5. The second-order valence-corrected chi connectivity index (χ2v) is 5.42. The maximum absolute atomic E-state index is 10.6. The van der Waals surface area contributed by atoms with Gasteiger partial charge in [-0.15, -0.1) is 0 Å². The van der Waals surface area contributed by atoms with Gasteiger partial charge in [-0.05, 0) is 36.1 Å². The van der Waals surface area contributed by atoms with Crippen molar-refractivity contribution in [3.8, 4) is 11.5 Å². The quantitative estimate of drug-likeness (QED) is 0.892. The van der Waals surface area contributed by atoms with Crippen molar-refractivity contribution in [2.24, 2.45) is 0 Å². The predicted octanol–water partition coefficient (Wildman–Crippen LogP) is 3.74. The highest BCUT2D eigenvalue weighted by Crippen LogP contribution is 2.35. The zero-order chi connectivity index (χ0) is 16.9. The molecule has 0 fully saturated rings. The van der Waals surface area contributed by atoms with Crippen LogP contribution in [0.3, 0.4) is 0 Å². The van der Waals surface area contributed by atoms with Gasteiger partial charge in [-0.25, -0.2) is 0 Å². The first-order chi connectivity index (χ1) is 11.7. The Morgan fingerprint density at radius 2 is 1.96 bits per heavy atom. The fourth-order valence-electron chi connectivity index (χ4n) is 2.59. The van der Waals surface area contributed by atoms with E-state index >= 15 is 0 Å². The van der Waals surface area contributed by atoms with Crippen molar-refractivity contribution in [1.82, 2.24) is 0 Å². The molecule has 24 heavy (non-hydrogen) atoms. The highest BCUT2D eigenvalue weighted by molar-refractivity contribution is 5.45. The van der Waals surface area contributed by atoms with Gasteiger partial charge in [-0.2, -0.15) is 0 Å². The molecular weight excluding hydrogens is 308 g/mol. The van der Waals surface area contributed by atoms with Crippen LogP contribution in [0, 0.1) is 0 Å². The Morgan fingerprint density at radius 1 is 1.12 bits per heavy atom. The minimum Gasteiger partial charge on any atom is -0.493 e. The Balaban J connectivity index is 1.78. The van der Waals surface area contributed by atoms with E-state index in [1.165, 1.54) is 6.26 Å². The monoisotopic (exact) mass is 328 g/mol. The van der Waals surface area contributed by atoms with Crippen molar-refractivity contribution in [3.63, 3.8) is 0 Å². The molecule has 2 aliphatic rings. The van der Waals surface area contributed by atoms with Crippen LogP contribution in [0.1, 0.15) is 24.5 Å². The first-order valence-electron chi connectivity index (χ1n) is 7.72. The predicted molar refractivity (Wildman–Crippen MR) is 89.3 cm³/mol. The summed E-state index contributed by atoms with van der Waals surface area (Å²) in [6.45, 7) is 0. The first-order valence-corrected chi connectivity index (χ1v) is 7.72. The van der Waals surface area contributed by atoms with Crippen molar-refractivity contribution in [1.29, 1.82) is 0 Å². The van der Waals surface area contributed by atoms with Gasteiger partial charge in [0.15, 0.2) is 23.0 Å². The minimum absolute atomic E-state index is 0.329. The summed E-state index contributed by atoms with van der Waals surface area (Å²) in [4.78, 5) is 0. The van der Waals surface area contributed by atoms with Crippen LogP contribution in [0.2, 0.25) is 0 Å². The lowest BCUT2D eigenvalue weighted by atomic mass is 10.0. The lowest BCUT2D eigenvalue weighted by Gasteiger charge is -2.23. The summed E-state index contributed by atoms with van der Waals surface area (Å²) in [6.07, 6.45) is 9.92. The molecule has 0 bridgehead atoms. The lowest BCUT2D eigenvalue weighted by Crippen LogP contribution is -2.11. The highest BCUT2D eigenvalue weighted by atomic mass is 16.6. The Hall–Kier alpha value is -2.66. The molecule has 3 rings (SSSR count). The molecule has 126 valence electrons. The fraction of sp³-hybridized carbons (Fsp3) is 0.263. The van der Waals surface area contributed by atoms with Crippen LogP contribution >= 0.6 is 0 Å². The fourth-order valence-corrected chi connectivity index (χ4v) is 2.59. The van der Waals surface area contributed by atoms with E-state index in [1.807, 2.05) is 12.2 Å². The zero-order valence-electron chi connectivity index (χ0n) is 13.7. The van der Waals surface area contributed by atoms with Gasteiger partial charge in [0.25, 0.3) is 0 Å². The molecule has 1 aliphatic carbocycles. The zero-order valence-corrected chi connectivity index (χ0v) is 13.7. The van der Waals surface area contributed by atoms with Crippen LogP contribution in [0.4, 0.5) is 0 Å². The van der Waals surface area contributed by atoms with Crippen LogP contribution in [-0.2, 0) is 9.47 Å². The van der Waals surface area contributed by atoms with Gasteiger partial charge in [-0.1, -0.05) is 24.3 Å². The maximum atomic E-state index is 10.6. The van der Waals surface area contributed by atoms with E-state index in [0.717, 1.165) is 18.4 Å². The van der Waals surface area contributed by atoms with E-state index in [4.69, 9.17) is 18.9 Å². The Kier molecular flexibility index (Phi) is 4.91. The number of benzene rings is 1. The third-order valence-corrected chi connectivity index (χ3v) is 3.91. The Labute approximate surface area is 141 Å². The van der Waals surface area contributed by atoms with Gasteiger partial charge >= 0.3 is 0 Å². The van der Waals surface area contributed by atoms with Gasteiger partial charge in [0, 0.05) is 0 Å². The molecule has 1 aromatic carbocycles. The average Bonchev–Trinajstić information content (AvgIpc) is 2.67. The molecule has 0 aromatic heterocycles. The molecule has 1 aromatic rings. The molecular formula is C19H20O5. The molecule has 1 N–H and O–H groups in total. The molecule has 1 aliphatic heterocycles. The third-order valence-electron chi connectivity index (χ3n) is 3.91. The van der Waals surface area contributed by atoms with Crippen molar-refractivity contribution in [2.45, 2.75) is 18.9 Å². The van der Waals surface area contributed by atoms with Crippen molar-refractivity contribution in [3.05, 3.63) is 71.6 Å². The van der Waals surface area contributed by atoms with Gasteiger partial charge in [0.1, 0.15) is 18.6 Å². The third kappa shape index (κ3) is 3.31. The Morgan fingerprint density at radius 3 is 2.67 bits per heavy atom. The summed E-state index contributed by atoms with van der Waals surface area (Å²) in [7, 11) is 3.12. The number of hydrogen-bond acceptors (Lipinski definition) is 5. The molecule has 1 unspecified atom stereocenters. The normalized spacial score (nSPS) is 17.7. The number of hydrogen-bond donors (Lipinski definition) is 1. The van der Waals surface area contributed by atoms with Crippen LogP contribution < -0.4 is 9.47 Å². The van der Waals surface area contributed by atoms with Gasteiger partial charge in [0.2, 0.25) is 0 Å². The number of aliphatic hydroxyl groups is 1. The van der Waals surface area contributed by atoms with E-state index in [1.54, 1.807) is 38.7 Å². The average molecular weight is 328 g/mol. The largest absolute Gasteiger partial charge is 0.493 e. The molecule has 5 heteroatoms. The molecule has 0 radical (unpaired) electrons. The maximum Gasteiger partial charge on any atom is 0.172 e. The van der Waals surface area contributed by atoms with Crippen molar-refractivity contribution < 1.29 is 24.1 Å². The molecule has 0 saturated heterocycles. The van der Waals surface area contributed by atoms with E-state index in [0.29, 0.717) is 28.6 Å². The summed E-state index contributed by atoms with van der Waals surface area (Å²) in [5, 5.41) is 10.6. The second kappa shape index (κ2) is 7.27. The number of aliphatic hydroxyl groups excluding tert-OH is 1. The smallest absolute Gasteiger partial charge is 0.172 e. The second-order valence-electron chi connectivity index (χ2n) is 5.42. The summed E-state index contributed by atoms with van der Waals surface area (Å²) in [6, 6.07) is 5.22. The van der Waals surface area contributed by atoms with E-state index in [2.05, 4.69) is 6.08 Å². The molecule has 1 heterocycles. The van der Waals surface area contributed by atoms with Gasteiger partial charge < -0.3 is 24.1 Å². The molecule has 0 spiro atoms. The van der Waals surface area contributed by atoms with Crippen molar-refractivity contribution in [2.75, 3.05) is 14.2 Å². The lowest BCUT2D eigenvalue weighted by molar-refractivity contribution is 0.112. The van der Waals surface area contributed by atoms with E-state index in [9.17, 15) is 5.11 Å². The summed E-state index contributed by atoms with van der Waals surface area (Å²) < 4.78 is 21.7. The Bertz CT molecular complexity index is 727. The van der Waals surface area contributed by atoms with Gasteiger partial charge in [-0.3, -0.25) is 0 Å². The van der Waals surface area contributed by atoms with Crippen LogP contribution in [0.15, 0.2) is 66.0 Å². The molecule has 0 amide bonds. The number of ether oxygens (including phenoxy) is 4. The molecule has 0 saturated carbocycles. The summed E-state index contributed by atoms with van der Waals surface area (Å²) in [5.74, 6) is 2.09. The van der Waals surface area contributed by atoms with Crippen LogP contribution in [0.25, 0.3) is 0 Å². The van der Waals surface area contributed by atoms with Crippen molar-refractivity contribution >= 4 is 0 Å². The van der Waals surface area contributed by atoms with E-state index in [-0.39, 0.29) is 0 Å². The first kappa shape index (κ1) is 16.2. The molecule has 1 atom stereocenters. The van der Waals surface area contributed by atoms with E-state index < -0.39 is 6.10 Å². The summed E-state index contributed by atoms with van der Waals surface area (Å²) >= 11 is 0. The minimum atomic E-state index is -0.965. The standard InChI is InChI=1S/C19H20O5/c1-21-15-9-8-14(10-16(15)22-2)19(20)18-12-23-11-17(24-18)13-6-4-3-5-7-13/h3-4,6,8-12,19-20H,5,7H2,1-2H3. The summed E-state index contributed by atoms with van der Waals surface area (Å²) in [5.41, 5.74) is 1.67. The number of methoxy groups -OCH3 is 2. The SMILES string of the molecule is COc1ccc(C(O)C2=COC=C(C3=CC=CCC3)O2)cc1OC.